The molecule has 0 radical (unpaired) electrons. The number of carbonyl (C=O) groups is 1. The van der Waals surface area contributed by atoms with Crippen LogP contribution in [0, 0.1) is 11.8 Å². The molecule has 1 heterocycles. The SMILES string of the molecule is CC(C)C(C)C(=O)Nc1cc(Cl)ncn1. The molecule has 15 heavy (non-hydrogen) atoms. The van der Waals surface area contributed by atoms with Crippen molar-refractivity contribution in [2.24, 2.45) is 11.8 Å². The lowest BCUT2D eigenvalue weighted by Crippen LogP contribution is -2.24. The van der Waals surface area contributed by atoms with E-state index < -0.39 is 0 Å². The van der Waals surface area contributed by atoms with Crippen molar-refractivity contribution in [3.05, 3.63) is 17.5 Å². The van der Waals surface area contributed by atoms with Crippen LogP contribution in [0.3, 0.4) is 0 Å². The van der Waals surface area contributed by atoms with E-state index in [4.69, 9.17) is 11.6 Å². The first-order chi connectivity index (χ1) is 7.00. The van der Waals surface area contributed by atoms with Gasteiger partial charge in [0.05, 0.1) is 0 Å². The summed E-state index contributed by atoms with van der Waals surface area (Å²) in [5.74, 6) is 0.619. The molecular weight excluding hydrogens is 214 g/mol. The molecule has 1 N–H and O–H groups in total. The summed E-state index contributed by atoms with van der Waals surface area (Å²) in [5.41, 5.74) is 0. The van der Waals surface area contributed by atoms with Gasteiger partial charge in [0, 0.05) is 12.0 Å². The molecule has 5 heteroatoms. The van der Waals surface area contributed by atoms with Crippen molar-refractivity contribution < 1.29 is 4.79 Å². The minimum Gasteiger partial charge on any atom is -0.310 e. The Morgan fingerprint density at radius 1 is 1.40 bits per heavy atom. The predicted octanol–water partition coefficient (Wildman–Crippen LogP) is 2.36. The monoisotopic (exact) mass is 227 g/mol. The zero-order valence-electron chi connectivity index (χ0n) is 8.99. The molecular formula is C10H14ClN3O. The minimum absolute atomic E-state index is 0.0558. The Kier molecular flexibility index (Phi) is 4.03. The maximum atomic E-state index is 11.7. The molecule has 0 aliphatic heterocycles. The Morgan fingerprint density at radius 2 is 2.07 bits per heavy atom. The first-order valence-electron chi connectivity index (χ1n) is 4.79. The molecule has 0 spiro atoms. The molecule has 0 bridgehead atoms. The van der Waals surface area contributed by atoms with E-state index >= 15 is 0 Å². The van der Waals surface area contributed by atoms with Gasteiger partial charge in [0.15, 0.2) is 0 Å². The summed E-state index contributed by atoms with van der Waals surface area (Å²) in [6.45, 7) is 5.87. The fourth-order valence-electron chi connectivity index (χ4n) is 0.945. The summed E-state index contributed by atoms with van der Waals surface area (Å²) in [5, 5.41) is 3.01. The van der Waals surface area contributed by atoms with Gasteiger partial charge in [0.1, 0.15) is 17.3 Å². The van der Waals surface area contributed by atoms with E-state index in [9.17, 15) is 4.79 Å². The molecule has 0 saturated carbocycles. The summed E-state index contributed by atoms with van der Waals surface area (Å²) in [4.78, 5) is 19.3. The third-order valence-corrected chi connectivity index (χ3v) is 2.51. The number of nitrogens with zero attached hydrogens (tertiary/aromatic N) is 2. The van der Waals surface area contributed by atoms with Crippen LogP contribution in [0.5, 0.6) is 0 Å². The molecule has 1 aromatic heterocycles. The van der Waals surface area contributed by atoms with Crippen LogP contribution in [0.2, 0.25) is 5.15 Å². The molecule has 0 saturated heterocycles. The van der Waals surface area contributed by atoms with E-state index in [2.05, 4.69) is 15.3 Å². The standard InChI is InChI=1S/C10H14ClN3O/c1-6(2)7(3)10(15)14-9-4-8(11)12-5-13-9/h4-7H,1-3H3,(H,12,13,14,15). The van der Waals surface area contributed by atoms with E-state index in [-0.39, 0.29) is 11.8 Å². The quantitative estimate of drug-likeness (QED) is 0.807. The molecule has 1 amide bonds. The Labute approximate surface area is 94.1 Å². The van der Waals surface area contributed by atoms with Gasteiger partial charge in [0.2, 0.25) is 5.91 Å². The molecule has 0 aliphatic rings. The maximum Gasteiger partial charge on any atom is 0.228 e. The predicted molar refractivity (Wildman–Crippen MR) is 59.7 cm³/mol. The number of anilines is 1. The van der Waals surface area contributed by atoms with Crippen LogP contribution < -0.4 is 5.32 Å². The maximum absolute atomic E-state index is 11.7. The highest BCUT2D eigenvalue weighted by Crippen LogP contribution is 2.14. The zero-order chi connectivity index (χ0) is 11.4. The lowest BCUT2D eigenvalue weighted by atomic mass is 9.97. The first-order valence-corrected chi connectivity index (χ1v) is 5.17. The average molecular weight is 228 g/mol. The fourth-order valence-corrected chi connectivity index (χ4v) is 1.09. The van der Waals surface area contributed by atoms with Gasteiger partial charge < -0.3 is 5.32 Å². The van der Waals surface area contributed by atoms with Crippen molar-refractivity contribution in [2.45, 2.75) is 20.8 Å². The molecule has 4 nitrogen and oxygen atoms in total. The van der Waals surface area contributed by atoms with Gasteiger partial charge in [-0.05, 0) is 5.92 Å². The molecule has 0 fully saturated rings. The van der Waals surface area contributed by atoms with E-state index in [1.54, 1.807) is 0 Å². The Morgan fingerprint density at radius 3 is 2.60 bits per heavy atom. The van der Waals surface area contributed by atoms with Crippen LogP contribution in [0.25, 0.3) is 0 Å². The number of hydrogen-bond acceptors (Lipinski definition) is 3. The van der Waals surface area contributed by atoms with E-state index in [1.807, 2.05) is 20.8 Å². The summed E-state index contributed by atoms with van der Waals surface area (Å²) < 4.78 is 0. The molecule has 82 valence electrons. The van der Waals surface area contributed by atoms with E-state index in [0.29, 0.717) is 16.9 Å². The Hall–Kier alpha value is -1.16. The highest BCUT2D eigenvalue weighted by molar-refractivity contribution is 6.29. The normalized spacial score (nSPS) is 12.6. The van der Waals surface area contributed by atoms with Gasteiger partial charge in [0.25, 0.3) is 0 Å². The van der Waals surface area contributed by atoms with Crippen LogP contribution >= 0.6 is 11.6 Å². The number of hydrogen-bond donors (Lipinski definition) is 1. The van der Waals surface area contributed by atoms with Crippen LogP contribution in [0.4, 0.5) is 5.82 Å². The molecule has 1 unspecified atom stereocenters. The summed E-state index contributed by atoms with van der Waals surface area (Å²) in [6, 6.07) is 1.52. The number of nitrogens with one attached hydrogen (secondary N) is 1. The zero-order valence-corrected chi connectivity index (χ0v) is 9.75. The first kappa shape index (κ1) is 11.9. The second-order valence-electron chi connectivity index (χ2n) is 3.75. The number of aromatic nitrogens is 2. The van der Waals surface area contributed by atoms with Crippen molar-refractivity contribution in [1.82, 2.24) is 9.97 Å². The van der Waals surface area contributed by atoms with Crippen molar-refractivity contribution >= 4 is 23.3 Å². The largest absolute Gasteiger partial charge is 0.310 e. The second-order valence-corrected chi connectivity index (χ2v) is 4.14. The number of carbonyl (C=O) groups excluding carboxylic acids is 1. The van der Waals surface area contributed by atoms with Crippen molar-refractivity contribution in [3.63, 3.8) is 0 Å². The number of rotatable bonds is 3. The topological polar surface area (TPSA) is 54.9 Å². The van der Waals surface area contributed by atoms with Crippen LogP contribution in [0.15, 0.2) is 12.4 Å². The van der Waals surface area contributed by atoms with Crippen molar-refractivity contribution in [2.75, 3.05) is 5.32 Å². The fraction of sp³-hybridized carbons (Fsp3) is 0.500. The van der Waals surface area contributed by atoms with E-state index in [0.717, 1.165) is 0 Å². The van der Waals surface area contributed by atoms with Gasteiger partial charge in [-0.15, -0.1) is 0 Å². The smallest absolute Gasteiger partial charge is 0.228 e. The second kappa shape index (κ2) is 5.07. The van der Waals surface area contributed by atoms with Crippen molar-refractivity contribution in [3.8, 4) is 0 Å². The molecule has 1 aromatic rings. The number of halogens is 1. The average Bonchev–Trinajstić information content (AvgIpc) is 2.16. The van der Waals surface area contributed by atoms with Gasteiger partial charge >= 0.3 is 0 Å². The summed E-state index contributed by atoms with van der Waals surface area (Å²) in [7, 11) is 0. The molecule has 0 aliphatic carbocycles. The lowest BCUT2D eigenvalue weighted by molar-refractivity contribution is -0.120. The van der Waals surface area contributed by atoms with Crippen LogP contribution in [0.1, 0.15) is 20.8 Å². The third kappa shape index (κ3) is 3.47. The van der Waals surface area contributed by atoms with Crippen molar-refractivity contribution in [1.29, 1.82) is 0 Å². The molecule has 0 aromatic carbocycles. The Balaban J connectivity index is 2.66. The lowest BCUT2D eigenvalue weighted by Gasteiger charge is -2.14. The van der Waals surface area contributed by atoms with Gasteiger partial charge in [-0.1, -0.05) is 32.4 Å². The minimum atomic E-state index is -0.0567. The summed E-state index contributed by atoms with van der Waals surface area (Å²) >= 11 is 5.67. The van der Waals surface area contributed by atoms with Gasteiger partial charge in [-0.2, -0.15) is 0 Å². The molecule has 1 rings (SSSR count). The van der Waals surface area contributed by atoms with Crippen LogP contribution in [-0.2, 0) is 4.79 Å². The van der Waals surface area contributed by atoms with E-state index in [1.165, 1.54) is 12.4 Å². The third-order valence-electron chi connectivity index (χ3n) is 2.30. The highest BCUT2D eigenvalue weighted by atomic mass is 35.5. The Bertz CT molecular complexity index is 354. The van der Waals surface area contributed by atoms with Crippen LogP contribution in [-0.4, -0.2) is 15.9 Å². The van der Waals surface area contributed by atoms with Gasteiger partial charge in [-0.25, -0.2) is 9.97 Å². The summed E-state index contributed by atoms with van der Waals surface area (Å²) in [6.07, 6.45) is 1.32. The van der Waals surface area contributed by atoms with Gasteiger partial charge in [-0.3, -0.25) is 4.79 Å². The molecule has 1 atom stereocenters. The number of amides is 1. The highest BCUT2D eigenvalue weighted by Gasteiger charge is 2.16.